The van der Waals surface area contributed by atoms with Crippen LogP contribution in [0.25, 0.3) is 21.5 Å². The molecule has 0 saturated heterocycles. The fraction of sp³-hybridized carbons (Fsp3) is 0.214. The Hall–Kier alpha value is -2.06. The number of amides is 1. The van der Waals surface area contributed by atoms with Gasteiger partial charge < -0.3 is 15.1 Å². The van der Waals surface area contributed by atoms with Crippen molar-refractivity contribution < 1.29 is 9.21 Å². The number of carbonyl (C=O) groups is 1. The second-order valence-electron chi connectivity index (χ2n) is 4.60. The van der Waals surface area contributed by atoms with Gasteiger partial charge in [-0.15, -0.1) is 11.3 Å². The molecule has 0 aromatic carbocycles. The molecule has 0 aliphatic rings. The van der Waals surface area contributed by atoms with Gasteiger partial charge in [-0.1, -0.05) is 11.8 Å². The predicted molar refractivity (Wildman–Crippen MR) is 87.1 cm³/mol. The van der Waals surface area contributed by atoms with Crippen LogP contribution in [0, 0.1) is 0 Å². The van der Waals surface area contributed by atoms with Gasteiger partial charge in [0.25, 0.3) is 5.56 Å². The molecule has 3 heterocycles. The van der Waals surface area contributed by atoms with Gasteiger partial charge in [0.05, 0.1) is 11.6 Å². The highest BCUT2D eigenvalue weighted by molar-refractivity contribution is 7.99. The first-order valence-corrected chi connectivity index (χ1v) is 8.48. The zero-order valence-electron chi connectivity index (χ0n) is 11.5. The van der Waals surface area contributed by atoms with Crippen molar-refractivity contribution in [2.45, 2.75) is 18.0 Å². The third kappa shape index (κ3) is 3.07. The number of nitrogens with zero attached hydrogens (tertiary/aromatic N) is 1. The minimum Gasteiger partial charge on any atom is -0.464 e. The number of nitrogens with two attached hydrogens (primary N) is 1. The molecule has 22 heavy (non-hydrogen) atoms. The second-order valence-corrected chi connectivity index (χ2v) is 6.54. The fourth-order valence-electron chi connectivity index (χ4n) is 2.03. The van der Waals surface area contributed by atoms with Crippen molar-refractivity contribution >= 4 is 39.2 Å². The van der Waals surface area contributed by atoms with E-state index in [1.54, 1.807) is 12.3 Å². The molecule has 0 atom stereocenters. The van der Waals surface area contributed by atoms with Crippen molar-refractivity contribution in [1.82, 2.24) is 9.97 Å². The number of carbonyl (C=O) groups excluding carboxylic acids is 1. The van der Waals surface area contributed by atoms with Crippen LogP contribution in [0.15, 0.2) is 38.1 Å². The zero-order valence-corrected chi connectivity index (χ0v) is 13.1. The Morgan fingerprint density at radius 1 is 1.50 bits per heavy atom. The van der Waals surface area contributed by atoms with E-state index in [4.69, 9.17) is 10.2 Å². The number of furan rings is 1. The molecule has 0 fully saturated rings. The van der Waals surface area contributed by atoms with Crippen molar-refractivity contribution in [1.29, 1.82) is 0 Å². The molecule has 8 heteroatoms. The maximum atomic E-state index is 12.3. The number of primary amides is 1. The number of hydrogen-bond donors (Lipinski definition) is 2. The Kier molecular flexibility index (Phi) is 4.30. The lowest BCUT2D eigenvalue weighted by Gasteiger charge is -2.00. The molecule has 0 unspecified atom stereocenters. The van der Waals surface area contributed by atoms with E-state index in [0.29, 0.717) is 39.7 Å². The van der Waals surface area contributed by atoms with Crippen LogP contribution in [0.5, 0.6) is 0 Å². The highest BCUT2D eigenvalue weighted by atomic mass is 32.2. The molecule has 1 amide bonds. The van der Waals surface area contributed by atoms with Gasteiger partial charge >= 0.3 is 0 Å². The van der Waals surface area contributed by atoms with Crippen LogP contribution >= 0.6 is 23.1 Å². The summed E-state index contributed by atoms with van der Waals surface area (Å²) in [6.07, 6.45) is 2.56. The molecule has 0 aliphatic carbocycles. The van der Waals surface area contributed by atoms with Crippen LogP contribution in [0.2, 0.25) is 0 Å². The molecule has 3 aromatic heterocycles. The van der Waals surface area contributed by atoms with E-state index in [1.807, 2.05) is 11.4 Å². The second kappa shape index (κ2) is 6.37. The smallest absolute Gasteiger partial charge is 0.261 e. The third-order valence-corrected chi connectivity index (χ3v) is 4.85. The molecule has 3 aromatic rings. The van der Waals surface area contributed by atoms with Crippen molar-refractivity contribution in [3.63, 3.8) is 0 Å². The van der Waals surface area contributed by atoms with Crippen LogP contribution in [0.4, 0.5) is 0 Å². The number of H-pyrrole nitrogens is 1. The minimum atomic E-state index is -0.321. The predicted octanol–water partition coefficient (Wildman–Crippen LogP) is 2.60. The van der Waals surface area contributed by atoms with Gasteiger partial charge in [-0.25, -0.2) is 4.98 Å². The Bertz CT molecular complexity index is 852. The average molecular weight is 335 g/mol. The Morgan fingerprint density at radius 2 is 2.36 bits per heavy atom. The monoisotopic (exact) mass is 335 g/mol. The summed E-state index contributed by atoms with van der Waals surface area (Å²) in [5.74, 6) is 1.01. The molecular weight excluding hydrogens is 322 g/mol. The van der Waals surface area contributed by atoms with E-state index < -0.39 is 0 Å². The summed E-state index contributed by atoms with van der Waals surface area (Å²) >= 11 is 2.81. The normalized spacial score (nSPS) is 11.1. The first kappa shape index (κ1) is 14.9. The Balaban J connectivity index is 1.85. The summed E-state index contributed by atoms with van der Waals surface area (Å²) in [6.45, 7) is 0. The first-order chi connectivity index (χ1) is 10.6. The number of thiophene rings is 1. The van der Waals surface area contributed by atoms with E-state index in [0.717, 1.165) is 5.56 Å². The maximum absolute atomic E-state index is 12.3. The Labute approximate surface area is 133 Å². The van der Waals surface area contributed by atoms with Gasteiger partial charge in [-0.2, -0.15) is 0 Å². The summed E-state index contributed by atoms with van der Waals surface area (Å²) in [6, 6.07) is 3.59. The molecule has 0 spiro atoms. The highest BCUT2D eigenvalue weighted by Gasteiger charge is 2.14. The lowest BCUT2D eigenvalue weighted by molar-refractivity contribution is -0.118. The van der Waals surface area contributed by atoms with Gasteiger partial charge in [0, 0.05) is 23.1 Å². The molecule has 0 bridgehead atoms. The number of nitrogens with one attached hydrogen (secondary N) is 1. The quantitative estimate of drug-likeness (QED) is 0.409. The van der Waals surface area contributed by atoms with Crippen LogP contribution in [-0.2, 0) is 4.79 Å². The topological polar surface area (TPSA) is 102 Å². The lowest BCUT2D eigenvalue weighted by Crippen LogP contribution is -2.11. The van der Waals surface area contributed by atoms with Crippen LogP contribution in [-0.4, -0.2) is 21.6 Å². The van der Waals surface area contributed by atoms with E-state index in [-0.39, 0.29) is 11.5 Å². The molecule has 3 N–H and O–H groups in total. The van der Waals surface area contributed by atoms with E-state index in [9.17, 15) is 9.59 Å². The molecular formula is C14H13N3O3S2. The number of fused-ring (bicyclic) bond motifs is 1. The summed E-state index contributed by atoms with van der Waals surface area (Å²) in [5.41, 5.74) is 5.66. The SMILES string of the molecule is NC(=O)CCCSc1nc2scc(-c3ccco3)c2c(=O)[nH]1. The number of hydrogen-bond acceptors (Lipinski definition) is 6. The number of aromatic amines is 1. The lowest BCUT2D eigenvalue weighted by atomic mass is 10.2. The zero-order chi connectivity index (χ0) is 15.5. The van der Waals surface area contributed by atoms with Gasteiger partial charge in [0.2, 0.25) is 5.91 Å². The van der Waals surface area contributed by atoms with E-state index in [1.165, 1.54) is 23.1 Å². The third-order valence-electron chi connectivity index (χ3n) is 3.02. The summed E-state index contributed by atoms with van der Waals surface area (Å²) in [5, 5.41) is 2.96. The Morgan fingerprint density at radius 3 is 3.09 bits per heavy atom. The first-order valence-electron chi connectivity index (χ1n) is 6.61. The molecule has 0 radical (unpaired) electrons. The van der Waals surface area contributed by atoms with E-state index in [2.05, 4.69) is 9.97 Å². The van der Waals surface area contributed by atoms with Crippen molar-refractivity contribution in [3.8, 4) is 11.3 Å². The van der Waals surface area contributed by atoms with Gasteiger partial charge in [-0.3, -0.25) is 9.59 Å². The summed E-state index contributed by atoms with van der Waals surface area (Å²) in [7, 11) is 0. The molecule has 114 valence electrons. The molecule has 0 aliphatic heterocycles. The van der Waals surface area contributed by atoms with Gasteiger partial charge in [-0.05, 0) is 18.6 Å². The molecule has 3 rings (SSSR count). The van der Waals surface area contributed by atoms with Crippen LogP contribution < -0.4 is 11.3 Å². The van der Waals surface area contributed by atoms with Crippen molar-refractivity contribution in [2.24, 2.45) is 5.73 Å². The number of thioether (sulfide) groups is 1. The summed E-state index contributed by atoms with van der Waals surface area (Å²) in [4.78, 5) is 30.9. The largest absolute Gasteiger partial charge is 0.464 e. The standard InChI is InChI=1S/C14H13N3O3S2/c15-10(18)4-2-6-21-14-16-12(19)11-8(7-22-13(11)17-14)9-3-1-5-20-9/h1,3,5,7H,2,4,6H2,(H2,15,18)(H,16,17,19). The van der Waals surface area contributed by atoms with E-state index >= 15 is 0 Å². The van der Waals surface area contributed by atoms with Gasteiger partial charge in [0.15, 0.2) is 5.16 Å². The average Bonchev–Trinajstić information content (AvgIpc) is 3.11. The number of aromatic nitrogens is 2. The highest BCUT2D eigenvalue weighted by Crippen LogP contribution is 2.31. The number of rotatable bonds is 6. The van der Waals surface area contributed by atoms with Crippen molar-refractivity contribution in [3.05, 3.63) is 34.1 Å². The van der Waals surface area contributed by atoms with Crippen LogP contribution in [0.3, 0.4) is 0 Å². The van der Waals surface area contributed by atoms with Crippen LogP contribution in [0.1, 0.15) is 12.8 Å². The molecule has 6 nitrogen and oxygen atoms in total. The summed E-state index contributed by atoms with van der Waals surface area (Å²) < 4.78 is 5.35. The fourth-order valence-corrected chi connectivity index (χ4v) is 3.81. The minimum absolute atomic E-state index is 0.185. The molecule has 0 saturated carbocycles. The van der Waals surface area contributed by atoms with Gasteiger partial charge in [0.1, 0.15) is 10.6 Å². The van der Waals surface area contributed by atoms with Crippen molar-refractivity contribution in [2.75, 3.05) is 5.75 Å². The maximum Gasteiger partial charge on any atom is 0.261 e.